The monoisotopic (exact) mass is 514 g/mol. The fraction of sp³-hybridized carbons (Fsp3) is 0.619. The van der Waals surface area contributed by atoms with Gasteiger partial charge >= 0.3 is 11.9 Å². The number of carboxylic acids is 2. The quantitative estimate of drug-likeness (QED) is 0.144. The molecule has 0 radical (unpaired) electrons. The number of nitrogens with zero attached hydrogens (tertiary/aromatic N) is 1. The zero-order chi connectivity index (χ0) is 26.5. The molecule has 35 heavy (non-hydrogen) atoms. The van der Waals surface area contributed by atoms with Crippen LogP contribution in [0.3, 0.4) is 0 Å². The van der Waals surface area contributed by atoms with Crippen LogP contribution in [-0.4, -0.2) is 86.0 Å². The molecule has 0 aliphatic heterocycles. The summed E-state index contributed by atoms with van der Waals surface area (Å²) in [6.07, 6.45) is 4.56. The highest BCUT2D eigenvalue weighted by atomic mass is 32.2. The number of aromatic amines is 1. The van der Waals surface area contributed by atoms with E-state index >= 15 is 0 Å². The second kappa shape index (κ2) is 15.0. The molecule has 13 nitrogen and oxygen atoms in total. The molecule has 1 aromatic heterocycles. The summed E-state index contributed by atoms with van der Waals surface area (Å²) in [5.74, 6) is -4.69. The topological polar surface area (TPSA) is 217 Å². The van der Waals surface area contributed by atoms with Crippen molar-refractivity contribution >= 4 is 41.4 Å². The van der Waals surface area contributed by atoms with Crippen molar-refractivity contribution in [1.29, 1.82) is 0 Å². The van der Waals surface area contributed by atoms with Crippen LogP contribution in [-0.2, 0) is 30.4 Å². The van der Waals surface area contributed by atoms with Crippen LogP contribution in [0.25, 0.3) is 0 Å². The van der Waals surface area contributed by atoms with Gasteiger partial charge in [-0.3, -0.25) is 19.2 Å². The van der Waals surface area contributed by atoms with Gasteiger partial charge in [-0.15, -0.1) is 0 Å². The predicted octanol–water partition coefficient (Wildman–Crippen LogP) is -0.908. The second-order valence-electron chi connectivity index (χ2n) is 8.09. The highest BCUT2D eigenvalue weighted by molar-refractivity contribution is 7.98. The molecule has 14 heteroatoms. The van der Waals surface area contributed by atoms with Crippen LogP contribution in [0.5, 0.6) is 0 Å². The first-order valence-corrected chi connectivity index (χ1v) is 12.5. The second-order valence-corrected chi connectivity index (χ2v) is 9.08. The Kier molecular flexibility index (Phi) is 12.8. The normalized spacial score (nSPS) is 15.2. The van der Waals surface area contributed by atoms with Crippen LogP contribution in [0.1, 0.15) is 38.8 Å². The summed E-state index contributed by atoms with van der Waals surface area (Å²) in [5, 5.41) is 25.9. The van der Waals surface area contributed by atoms with Crippen molar-refractivity contribution in [2.75, 3.05) is 12.0 Å². The summed E-state index contributed by atoms with van der Waals surface area (Å²) in [7, 11) is 0. The van der Waals surface area contributed by atoms with Gasteiger partial charge < -0.3 is 36.9 Å². The molecular weight excluding hydrogens is 480 g/mol. The van der Waals surface area contributed by atoms with Crippen molar-refractivity contribution in [2.24, 2.45) is 11.7 Å². The predicted molar refractivity (Wildman–Crippen MR) is 128 cm³/mol. The molecule has 1 aromatic rings. The van der Waals surface area contributed by atoms with E-state index in [2.05, 4.69) is 25.9 Å². The first-order chi connectivity index (χ1) is 16.5. The highest BCUT2D eigenvalue weighted by Crippen LogP contribution is 2.08. The lowest BCUT2D eigenvalue weighted by molar-refractivity contribution is -0.143. The molecular formula is C21H34N6O7S. The maximum Gasteiger partial charge on any atom is 0.326 e. The highest BCUT2D eigenvalue weighted by Gasteiger charge is 2.32. The summed E-state index contributed by atoms with van der Waals surface area (Å²) in [4.78, 5) is 67.7. The van der Waals surface area contributed by atoms with Gasteiger partial charge in [0.15, 0.2) is 0 Å². The fourth-order valence-electron chi connectivity index (χ4n) is 3.03. The molecule has 0 aliphatic carbocycles. The van der Waals surface area contributed by atoms with Gasteiger partial charge in [0.1, 0.15) is 18.1 Å². The van der Waals surface area contributed by atoms with Gasteiger partial charge in [-0.2, -0.15) is 11.8 Å². The molecule has 0 aliphatic rings. The molecule has 5 unspecified atom stereocenters. The molecule has 0 bridgehead atoms. The van der Waals surface area contributed by atoms with Gasteiger partial charge in [-0.05, 0) is 24.3 Å². The van der Waals surface area contributed by atoms with E-state index in [0.29, 0.717) is 17.9 Å². The Morgan fingerprint density at radius 1 is 1.06 bits per heavy atom. The van der Waals surface area contributed by atoms with Crippen molar-refractivity contribution < 1.29 is 34.2 Å². The minimum absolute atomic E-state index is 0.0601. The number of carboxylic acid groups (broad SMARTS) is 2. The fourth-order valence-corrected chi connectivity index (χ4v) is 3.50. The maximum absolute atomic E-state index is 12.9. The number of H-pyrrole nitrogens is 1. The van der Waals surface area contributed by atoms with E-state index in [9.17, 15) is 34.2 Å². The number of rotatable bonds is 16. The van der Waals surface area contributed by atoms with Gasteiger partial charge in [0.05, 0.1) is 18.8 Å². The van der Waals surface area contributed by atoms with Gasteiger partial charge in [0.25, 0.3) is 0 Å². The maximum atomic E-state index is 12.9. The average Bonchev–Trinajstić information content (AvgIpc) is 3.32. The Labute approximate surface area is 207 Å². The van der Waals surface area contributed by atoms with Crippen LogP contribution in [0.2, 0.25) is 0 Å². The number of amides is 3. The molecule has 0 saturated carbocycles. The van der Waals surface area contributed by atoms with Gasteiger partial charge in [0.2, 0.25) is 17.7 Å². The molecule has 0 aromatic carbocycles. The molecule has 3 amide bonds. The number of nitrogens with one attached hydrogen (secondary N) is 4. The third kappa shape index (κ3) is 10.3. The summed E-state index contributed by atoms with van der Waals surface area (Å²) in [6.45, 7) is 3.59. The number of thioether (sulfide) groups is 1. The van der Waals surface area contributed by atoms with E-state index in [1.54, 1.807) is 13.2 Å². The molecule has 1 heterocycles. The van der Waals surface area contributed by atoms with Crippen LogP contribution >= 0.6 is 11.8 Å². The molecule has 0 spiro atoms. The van der Waals surface area contributed by atoms with Crippen molar-refractivity contribution in [3.8, 4) is 0 Å². The lowest BCUT2D eigenvalue weighted by Crippen LogP contribution is -2.58. The number of hydrogen-bond acceptors (Lipinski definition) is 8. The minimum Gasteiger partial charge on any atom is -0.481 e. The van der Waals surface area contributed by atoms with Crippen LogP contribution in [0.15, 0.2) is 12.5 Å². The Morgan fingerprint density at radius 3 is 2.17 bits per heavy atom. The van der Waals surface area contributed by atoms with Crippen LogP contribution in [0, 0.1) is 5.92 Å². The SMILES string of the molecule is CCC(C)C(N)C(=O)NC(CC(=O)O)C(=O)NC(CCSC)C(=O)NC(Cc1cnc[nH]1)C(=O)O. The van der Waals surface area contributed by atoms with Crippen molar-refractivity contribution in [3.63, 3.8) is 0 Å². The average molecular weight is 515 g/mol. The van der Waals surface area contributed by atoms with Crippen molar-refractivity contribution in [2.45, 2.75) is 63.7 Å². The number of aliphatic carboxylic acids is 2. The third-order valence-corrected chi connectivity index (χ3v) is 6.05. The number of nitrogens with two attached hydrogens (primary N) is 1. The lowest BCUT2D eigenvalue weighted by Gasteiger charge is -2.25. The largest absolute Gasteiger partial charge is 0.481 e. The summed E-state index contributed by atoms with van der Waals surface area (Å²) in [6, 6.07) is -4.87. The number of hydrogen-bond donors (Lipinski definition) is 7. The van der Waals surface area contributed by atoms with Gasteiger partial charge in [0, 0.05) is 18.3 Å². The third-order valence-electron chi connectivity index (χ3n) is 5.41. The number of imidazole rings is 1. The first-order valence-electron chi connectivity index (χ1n) is 11.1. The minimum atomic E-state index is -1.47. The first kappa shape index (κ1) is 29.9. The van der Waals surface area contributed by atoms with Crippen molar-refractivity contribution in [3.05, 3.63) is 18.2 Å². The smallest absolute Gasteiger partial charge is 0.326 e. The van der Waals surface area contributed by atoms with E-state index in [1.807, 2.05) is 6.92 Å². The number of carbonyl (C=O) groups is 5. The Bertz CT molecular complexity index is 866. The Balaban J connectivity index is 2.98. The zero-order valence-electron chi connectivity index (χ0n) is 19.9. The van der Waals surface area contributed by atoms with Crippen LogP contribution in [0.4, 0.5) is 0 Å². The van der Waals surface area contributed by atoms with Crippen molar-refractivity contribution in [1.82, 2.24) is 25.9 Å². The Morgan fingerprint density at radius 2 is 1.66 bits per heavy atom. The van der Waals surface area contributed by atoms with E-state index in [-0.39, 0.29) is 18.8 Å². The lowest BCUT2D eigenvalue weighted by atomic mass is 9.99. The molecule has 0 fully saturated rings. The molecule has 0 saturated heterocycles. The summed E-state index contributed by atoms with van der Waals surface area (Å²) >= 11 is 1.40. The van der Waals surface area contributed by atoms with E-state index in [4.69, 9.17) is 5.73 Å². The number of carbonyl (C=O) groups excluding carboxylic acids is 3. The van der Waals surface area contributed by atoms with Gasteiger partial charge in [-0.1, -0.05) is 20.3 Å². The van der Waals surface area contributed by atoms with Gasteiger partial charge in [-0.25, -0.2) is 9.78 Å². The zero-order valence-corrected chi connectivity index (χ0v) is 20.8. The summed E-state index contributed by atoms with van der Waals surface area (Å²) < 4.78 is 0. The van der Waals surface area contributed by atoms with Crippen LogP contribution < -0.4 is 21.7 Å². The van der Waals surface area contributed by atoms with E-state index in [1.165, 1.54) is 24.3 Å². The standard InChI is InChI=1S/C21H34N6O7S/c1-4-11(2)17(22)20(32)26-14(8-16(28)29)19(31)25-13(5-6-35-3)18(30)27-15(21(33)34)7-12-9-23-10-24-12/h9-11,13-15,17H,4-8,22H2,1-3H3,(H,23,24)(H,25,31)(H,26,32)(H,27,30)(H,28,29)(H,33,34). The number of aromatic nitrogens is 2. The Hall–Kier alpha value is -3.13. The molecule has 5 atom stereocenters. The van der Waals surface area contributed by atoms with E-state index in [0.717, 1.165) is 0 Å². The summed E-state index contributed by atoms with van der Waals surface area (Å²) in [5.41, 5.74) is 6.37. The molecule has 196 valence electrons. The van der Waals surface area contributed by atoms with E-state index < -0.39 is 60.2 Å². The molecule has 1 rings (SSSR count). The molecule has 8 N–H and O–H groups in total.